The first-order chi connectivity index (χ1) is 9.47. The molecule has 1 atom stereocenters. The third-order valence-corrected chi connectivity index (χ3v) is 3.83. The van der Waals surface area contributed by atoms with Crippen molar-refractivity contribution in [1.29, 1.82) is 0 Å². The van der Waals surface area contributed by atoms with Gasteiger partial charge in [-0.1, -0.05) is 20.8 Å². The summed E-state index contributed by atoms with van der Waals surface area (Å²) < 4.78 is 0. The molecule has 2 rings (SSSR count). The van der Waals surface area contributed by atoms with E-state index in [-0.39, 0.29) is 11.5 Å². The highest BCUT2D eigenvalue weighted by Crippen LogP contribution is 2.23. The van der Waals surface area contributed by atoms with E-state index in [0.717, 1.165) is 26.2 Å². The summed E-state index contributed by atoms with van der Waals surface area (Å²) in [5, 5.41) is 20.6. The van der Waals surface area contributed by atoms with E-state index in [1.165, 1.54) is 24.1 Å². The second-order valence-electron chi connectivity index (χ2n) is 6.81. The van der Waals surface area contributed by atoms with Gasteiger partial charge in [-0.25, -0.2) is 0 Å². The molecule has 1 aliphatic heterocycles. The predicted molar refractivity (Wildman–Crippen MR) is 80.7 cm³/mol. The molecule has 114 valence electrons. The number of β-amino-alcohol motifs (C(OH)–C–C–N with tert-alkyl or cyclic N) is 1. The molecule has 1 aromatic heterocycles. The number of nitrogens with zero attached hydrogens (tertiary/aromatic N) is 2. The monoisotopic (exact) mass is 280 g/mol. The molecule has 1 unspecified atom stereocenters. The van der Waals surface area contributed by atoms with Gasteiger partial charge in [0.05, 0.1) is 12.3 Å². The Labute approximate surface area is 121 Å². The van der Waals surface area contributed by atoms with Crippen molar-refractivity contribution in [2.75, 3.05) is 26.2 Å². The lowest BCUT2D eigenvalue weighted by atomic mass is 9.89. The van der Waals surface area contributed by atoms with Crippen molar-refractivity contribution >= 4 is 0 Å². The lowest BCUT2D eigenvalue weighted by Gasteiger charge is -2.21. The highest BCUT2D eigenvalue weighted by Gasteiger charge is 2.20. The van der Waals surface area contributed by atoms with Crippen molar-refractivity contribution in [3.8, 4) is 0 Å². The van der Waals surface area contributed by atoms with Crippen LogP contribution in [0.5, 0.6) is 0 Å². The maximum Gasteiger partial charge on any atom is 0.0791 e. The highest BCUT2D eigenvalue weighted by molar-refractivity contribution is 5.23. The lowest BCUT2D eigenvalue weighted by molar-refractivity contribution is 0.123. The predicted octanol–water partition coefficient (Wildman–Crippen LogP) is 1.25. The molecular weight excluding hydrogens is 252 g/mol. The Morgan fingerprint density at radius 3 is 2.75 bits per heavy atom. The van der Waals surface area contributed by atoms with Crippen LogP contribution >= 0.6 is 0 Å². The first-order valence-corrected chi connectivity index (χ1v) is 7.60. The van der Waals surface area contributed by atoms with E-state index in [2.05, 4.69) is 41.2 Å². The summed E-state index contributed by atoms with van der Waals surface area (Å²) in [7, 11) is 0. The minimum absolute atomic E-state index is 0.0711. The Bertz CT molecular complexity index is 404. The molecule has 0 bridgehead atoms. The summed E-state index contributed by atoms with van der Waals surface area (Å²) in [5.41, 5.74) is 2.42. The summed E-state index contributed by atoms with van der Waals surface area (Å²) in [6.45, 7) is 10.9. The van der Waals surface area contributed by atoms with Crippen LogP contribution in [0.1, 0.15) is 44.9 Å². The molecule has 3 N–H and O–H groups in total. The molecule has 1 aromatic rings. The zero-order valence-electron chi connectivity index (χ0n) is 12.9. The summed E-state index contributed by atoms with van der Waals surface area (Å²) in [5.74, 6) is 0. The summed E-state index contributed by atoms with van der Waals surface area (Å²) >= 11 is 0. The first-order valence-electron chi connectivity index (χ1n) is 7.60. The average molecular weight is 280 g/mol. The third-order valence-electron chi connectivity index (χ3n) is 3.83. The van der Waals surface area contributed by atoms with Gasteiger partial charge in [0, 0.05) is 36.3 Å². The lowest BCUT2D eigenvalue weighted by Crippen LogP contribution is -2.37. The van der Waals surface area contributed by atoms with Crippen LogP contribution in [0.3, 0.4) is 0 Å². The quantitative estimate of drug-likeness (QED) is 0.734. The Morgan fingerprint density at radius 2 is 2.10 bits per heavy atom. The van der Waals surface area contributed by atoms with Gasteiger partial charge in [-0.05, 0) is 25.9 Å². The van der Waals surface area contributed by atoms with Crippen LogP contribution in [0.2, 0.25) is 0 Å². The van der Waals surface area contributed by atoms with E-state index in [4.69, 9.17) is 0 Å². The zero-order chi connectivity index (χ0) is 14.6. The Balaban J connectivity index is 1.74. The van der Waals surface area contributed by atoms with Crippen LogP contribution in [-0.2, 0) is 12.0 Å². The molecule has 0 saturated carbocycles. The van der Waals surface area contributed by atoms with E-state index in [1.54, 1.807) is 0 Å². The summed E-state index contributed by atoms with van der Waals surface area (Å²) in [6.07, 6.45) is 4.12. The Morgan fingerprint density at radius 1 is 1.40 bits per heavy atom. The number of hydrogen-bond donors (Lipinski definition) is 3. The van der Waals surface area contributed by atoms with Gasteiger partial charge in [-0.2, -0.15) is 5.10 Å². The van der Waals surface area contributed by atoms with Gasteiger partial charge >= 0.3 is 0 Å². The van der Waals surface area contributed by atoms with E-state index < -0.39 is 0 Å². The van der Waals surface area contributed by atoms with Gasteiger partial charge in [0.15, 0.2) is 0 Å². The van der Waals surface area contributed by atoms with E-state index in [9.17, 15) is 5.11 Å². The van der Waals surface area contributed by atoms with Gasteiger partial charge in [-0.3, -0.25) is 5.10 Å². The topological polar surface area (TPSA) is 64.2 Å². The summed E-state index contributed by atoms with van der Waals surface area (Å²) in [4.78, 5) is 2.34. The molecule has 0 aliphatic carbocycles. The van der Waals surface area contributed by atoms with Crippen molar-refractivity contribution in [1.82, 2.24) is 20.4 Å². The fourth-order valence-electron chi connectivity index (χ4n) is 2.80. The first kappa shape index (κ1) is 15.5. The van der Waals surface area contributed by atoms with Crippen molar-refractivity contribution in [3.05, 3.63) is 17.5 Å². The van der Waals surface area contributed by atoms with Crippen LogP contribution in [0.4, 0.5) is 0 Å². The van der Waals surface area contributed by atoms with Gasteiger partial charge in [-0.15, -0.1) is 0 Å². The smallest absolute Gasteiger partial charge is 0.0791 e. The number of aromatic amines is 1. The second kappa shape index (κ2) is 6.70. The normalized spacial score (nSPS) is 18.6. The fraction of sp³-hybridized carbons (Fsp3) is 0.800. The number of aliphatic hydroxyl groups is 1. The van der Waals surface area contributed by atoms with Crippen LogP contribution in [0.15, 0.2) is 6.20 Å². The maximum absolute atomic E-state index is 10.0. The van der Waals surface area contributed by atoms with Gasteiger partial charge in [0.25, 0.3) is 0 Å². The largest absolute Gasteiger partial charge is 0.390 e. The number of nitrogens with one attached hydrogen (secondary N) is 2. The van der Waals surface area contributed by atoms with E-state index in [0.29, 0.717) is 6.54 Å². The number of hydrogen-bond acceptors (Lipinski definition) is 4. The average Bonchev–Trinajstić information content (AvgIpc) is 2.98. The molecule has 1 aliphatic rings. The second-order valence-corrected chi connectivity index (χ2v) is 6.81. The summed E-state index contributed by atoms with van der Waals surface area (Å²) in [6, 6.07) is 0. The van der Waals surface area contributed by atoms with Gasteiger partial charge < -0.3 is 15.3 Å². The van der Waals surface area contributed by atoms with Crippen LogP contribution in [0.25, 0.3) is 0 Å². The number of likely N-dealkylation sites (tertiary alicyclic amines) is 1. The van der Waals surface area contributed by atoms with Crippen molar-refractivity contribution in [2.45, 2.75) is 51.7 Å². The molecular formula is C15H28N4O. The Kier molecular flexibility index (Phi) is 5.18. The molecule has 20 heavy (non-hydrogen) atoms. The molecule has 0 radical (unpaired) electrons. The standard InChI is InChI=1S/C15H28N4O/c1-15(2,3)14-12(9-17-18-14)8-16-10-13(20)11-19-6-4-5-7-19/h9,13,16,20H,4-8,10-11H2,1-3H3,(H,17,18). The van der Waals surface area contributed by atoms with Crippen molar-refractivity contribution in [3.63, 3.8) is 0 Å². The van der Waals surface area contributed by atoms with Gasteiger partial charge in [0.1, 0.15) is 0 Å². The minimum Gasteiger partial charge on any atom is -0.390 e. The molecule has 5 heteroatoms. The molecule has 5 nitrogen and oxygen atoms in total. The molecule has 0 spiro atoms. The van der Waals surface area contributed by atoms with Crippen LogP contribution in [0, 0.1) is 0 Å². The molecule has 0 amide bonds. The number of aliphatic hydroxyl groups excluding tert-OH is 1. The third kappa shape index (κ3) is 4.30. The molecule has 1 saturated heterocycles. The highest BCUT2D eigenvalue weighted by atomic mass is 16.3. The van der Waals surface area contributed by atoms with Crippen molar-refractivity contribution in [2.24, 2.45) is 0 Å². The van der Waals surface area contributed by atoms with Crippen LogP contribution < -0.4 is 5.32 Å². The van der Waals surface area contributed by atoms with Crippen LogP contribution in [-0.4, -0.2) is 52.5 Å². The number of aromatic nitrogens is 2. The molecule has 2 heterocycles. The minimum atomic E-state index is -0.293. The Hall–Kier alpha value is -0.910. The van der Waals surface area contributed by atoms with Gasteiger partial charge in [0.2, 0.25) is 0 Å². The number of rotatable bonds is 6. The molecule has 1 fully saturated rings. The SMILES string of the molecule is CC(C)(C)c1[nH]ncc1CNCC(O)CN1CCCC1. The van der Waals surface area contributed by atoms with E-state index >= 15 is 0 Å². The van der Waals surface area contributed by atoms with E-state index in [1.807, 2.05) is 6.20 Å². The zero-order valence-corrected chi connectivity index (χ0v) is 12.9. The van der Waals surface area contributed by atoms with Crippen molar-refractivity contribution < 1.29 is 5.11 Å². The maximum atomic E-state index is 10.0. The number of H-pyrrole nitrogens is 1. The molecule has 0 aromatic carbocycles. The fourth-order valence-corrected chi connectivity index (χ4v) is 2.80.